The molecule has 1 fully saturated rings. The molecule has 0 radical (unpaired) electrons. The molecule has 1 aromatic carbocycles. The topological polar surface area (TPSA) is 67.9 Å². The number of nitrogens with one attached hydrogen (secondary N) is 1. The predicted octanol–water partition coefficient (Wildman–Crippen LogP) is 1.47. The Morgan fingerprint density at radius 3 is 2.80 bits per heavy atom. The molecule has 1 saturated heterocycles. The van der Waals surface area contributed by atoms with E-state index in [0.29, 0.717) is 13.1 Å². The molecule has 0 saturated carbocycles. The minimum Gasteiger partial charge on any atom is -0.445 e. The lowest BCUT2D eigenvalue weighted by atomic mass is 10.2. The molecule has 2 rings (SSSR count). The zero-order chi connectivity index (χ0) is 14.4. The van der Waals surface area contributed by atoms with E-state index in [2.05, 4.69) is 5.32 Å². The SMILES string of the molecule is CC(=O)ON1CC[C@@H](NC(=O)OCc2ccccc2)C1. The largest absolute Gasteiger partial charge is 0.445 e. The molecular formula is C14H18N2O4. The van der Waals surface area contributed by atoms with E-state index in [9.17, 15) is 9.59 Å². The van der Waals surface area contributed by atoms with Crippen molar-refractivity contribution in [3.63, 3.8) is 0 Å². The summed E-state index contributed by atoms with van der Waals surface area (Å²) >= 11 is 0. The Morgan fingerprint density at radius 1 is 1.35 bits per heavy atom. The van der Waals surface area contributed by atoms with E-state index >= 15 is 0 Å². The Morgan fingerprint density at radius 2 is 2.10 bits per heavy atom. The average Bonchev–Trinajstić information content (AvgIpc) is 2.84. The fourth-order valence-corrected chi connectivity index (χ4v) is 2.04. The van der Waals surface area contributed by atoms with Crippen LogP contribution in [0.1, 0.15) is 18.9 Å². The molecule has 0 unspecified atom stereocenters. The number of nitrogens with zero attached hydrogens (tertiary/aromatic N) is 1. The summed E-state index contributed by atoms with van der Waals surface area (Å²) in [5.74, 6) is -0.350. The number of hydrogen-bond donors (Lipinski definition) is 1. The zero-order valence-corrected chi connectivity index (χ0v) is 11.4. The number of rotatable bonds is 4. The van der Waals surface area contributed by atoms with Gasteiger partial charge >= 0.3 is 12.1 Å². The fraction of sp³-hybridized carbons (Fsp3) is 0.429. The molecule has 1 aromatic rings. The summed E-state index contributed by atoms with van der Waals surface area (Å²) in [5.41, 5.74) is 0.940. The maximum atomic E-state index is 11.6. The van der Waals surface area contributed by atoms with Crippen LogP contribution in [0.3, 0.4) is 0 Å². The maximum Gasteiger partial charge on any atom is 0.407 e. The predicted molar refractivity (Wildman–Crippen MR) is 71.5 cm³/mol. The molecule has 1 heterocycles. The van der Waals surface area contributed by atoms with Crippen molar-refractivity contribution in [1.82, 2.24) is 10.4 Å². The van der Waals surface area contributed by atoms with Crippen molar-refractivity contribution in [3.05, 3.63) is 35.9 Å². The minimum atomic E-state index is -0.455. The fourth-order valence-electron chi connectivity index (χ4n) is 2.04. The van der Waals surface area contributed by atoms with Crippen LogP contribution in [0.25, 0.3) is 0 Å². The third-order valence-electron chi connectivity index (χ3n) is 2.94. The molecule has 1 amide bonds. The molecule has 0 aliphatic carbocycles. The first-order valence-corrected chi connectivity index (χ1v) is 6.54. The number of amides is 1. The summed E-state index contributed by atoms with van der Waals surface area (Å²) in [7, 11) is 0. The van der Waals surface area contributed by atoms with E-state index in [1.165, 1.54) is 6.92 Å². The average molecular weight is 278 g/mol. The van der Waals surface area contributed by atoms with Gasteiger partial charge < -0.3 is 14.9 Å². The van der Waals surface area contributed by atoms with Crippen LogP contribution < -0.4 is 5.32 Å². The maximum absolute atomic E-state index is 11.6. The van der Waals surface area contributed by atoms with Crippen molar-refractivity contribution < 1.29 is 19.2 Å². The van der Waals surface area contributed by atoms with E-state index in [1.54, 1.807) is 5.06 Å². The van der Waals surface area contributed by atoms with Crippen molar-refractivity contribution in [2.24, 2.45) is 0 Å². The molecule has 1 aliphatic rings. The minimum absolute atomic E-state index is 0.0578. The standard InChI is InChI=1S/C14H18N2O4/c1-11(17)20-16-8-7-13(9-16)15-14(18)19-10-12-5-3-2-4-6-12/h2-6,13H,7-10H2,1H3,(H,15,18)/t13-/m1/s1. The monoisotopic (exact) mass is 278 g/mol. The summed E-state index contributed by atoms with van der Waals surface area (Å²) in [4.78, 5) is 27.4. The summed E-state index contributed by atoms with van der Waals surface area (Å²) in [6.45, 7) is 2.70. The molecule has 0 spiro atoms. The van der Waals surface area contributed by atoms with Crippen LogP contribution in [0, 0.1) is 0 Å². The van der Waals surface area contributed by atoms with E-state index in [-0.39, 0.29) is 18.6 Å². The highest BCUT2D eigenvalue weighted by Gasteiger charge is 2.26. The zero-order valence-electron chi connectivity index (χ0n) is 11.4. The molecule has 1 N–H and O–H groups in total. The second-order valence-corrected chi connectivity index (χ2v) is 4.66. The summed E-state index contributed by atoms with van der Waals surface area (Å²) in [6.07, 6.45) is 0.275. The lowest BCUT2D eigenvalue weighted by Crippen LogP contribution is -2.37. The third kappa shape index (κ3) is 4.55. The highest BCUT2D eigenvalue weighted by molar-refractivity contribution is 5.67. The summed E-state index contributed by atoms with van der Waals surface area (Å²) in [6, 6.07) is 9.43. The lowest BCUT2D eigenvalue weighted by Gasteiger charge is -2.15. The van der Waals surface area contributed by atoms with Gasteiger partial charge in [0.25, 0.3) is 0 Å². The van der Waals surface area contributed by atoms with Gasteiger partial charge in [-0.1, -0.05) is 30.3 Å². The van der Waals surface area contributed by atoms with E-state index in [4.69, 9.17) is 9.57 Å². The normalized spacial score (nSPS) is 18.6. The van der Waals surface area contributed by atoms with Gasteiger partial charge in [0.2, 0.25) is 0 Å². The molecule has 1 aliphatic heterocycles. The van der Waals surface area contributed by atoms with Crippen molar-refractivity contribution in [2.75, 3.05) is 13.1 Å². The van der Waals surface area contributed by atoms with E-state index in [1.807, 2.05) is 30.3 Å². The van der Waals surface area contributed by atoms with Gasteiger partial charge in [0, 0.05) is 19.5 Å². The van der Waals surface area contributed by atoms with Crippen molar-refractivity contribution in [1.29, 1.82) is 0 Å². The van der Waals surface area contributed by atoms with Crippen molar-refractivity contribution in [2.45, 2.75) is 26.0 Å². The Balaban J connectivity index is 1.69. The van der Waals surface area contributed by atoms with Crippen LogP contribution in [-0.2, 0) is 21.0 Å². The number of hydrogen-bond acceptors (Lipinski definition) is 5. The van der Waals surface area contributed by atoms with Crippen LogP contribution in [0.5, 0.6) is 0 Å². The second kappa shape index (κ2) is 6.91. The summed E-state index contributed by atoms with van der Waals surface area (Å²) in [5, 5.41) is 4.30. The molecule has 108 valence electrons. The quantitative estimate of drug-likeness (QED) is 0.903. The van der Waals surface area contributed by atoms with Crippen molar-refractivity contribution >= 4 is 12.1 Å². The number of hydroxylamine groups is 2. The van der Waals surface area contributed by atoms with Crippen molar-refractivity contribution in [3.8, 4) is 0 Å². The highest BCUT2D eigenvalue weighted by Crippen LogP contribution is 2.10. The first-order valence-electron chi connectivity index (χ1n) is 6.54. The molecule has 6 nitrogen and oxygen atoms in total. The van der Waals surface area contributed by atoms with Gasteiger partial charge in [0.05, 0.1) is 6.54 Å². The molecule has 20 heavy (non-hydrogen) atoms. The highest BCUT2D eigenvalue weighted by atomic mass is 16.7. The first-order chi connectivity index (χ1) is 9.63. The number of alkyl carbamates (subject to hydrolysis) is 1. The van der Waals surface area contributed by atoms with Gasteiger partial charge in [-0.05, 0) is 12.0 Å². The molecular weight excluding hydrogens is 260 g/mol. The first kappa shape index (κ1) is 14.3. The smallest absolute Gasteiger partial charge is 0.407 e. The molecule has 6 heteroatoms. The van der Waals surface area contributed by atoms with Gasteiger partial charge in [-0.25, -0.2) is 4.79 Å². The van der Waals surface area contributed by atoms with Crippen LogP contribution in [0.15, 0.2) is 30.3 Å². The number of benzene rings is 1. The van der Waals surface area contributed by atoms with Crippen LogP contribution in [-0.4, -0.2) is 36.3 Å². The number of carbonyl (C=O) groups excluding carboxylic acids is 2. The lowest BCUT2D eigenvalue weighted by molar-refractivity contribution is -0.182. The van der Waals surface area contributed by atoms with Gasteiger partial charge in [-0.15, -0.1) is 5.06 Å². The van der Waals surface area contributed by atoms with Gasteiger partial charge in [0.1, 0.15) is 6.61 Å². The number of ether oxygens (including phenoxy) is 1. The second-order valence-electron chi connectivity index (χ2n) is 4.66. The van der Waals surface area contributed by atoms with E-state index < -0.39 is 6.09 Å². The molecule has 1 atom stereocenters. The van der Waals surface area contributed by atoms with Gasteiger partial charge in [-0.3, -0.25) is 4.79 Å². The summed E-state index contributed by atoms with van der Waals surface area (Å²) < 4.78 is 5.13. The van der Waals surface area contributed by atoms with Crippen LogP contribution in [0.4, 0.5) is 4.79 Å². The Labute approximate surface area is 117 Å². The Kier molecular flexibility index (Phi) is 4.95. The Bertz CT molecular complexity index is 464. The Hall–Kier alpha value is -2.08. The van der Waals surface area contributed by atoms with Gasteiger partial charge in [0.15, 0.2) is 0 Å². The molecule has 0 bridgehead atoms. The van der Waals surface area contributed by atoms with Gasteiger partial charge in [-0.2, -0.15) is 0 Å². The number of carbonyl (C=O) groups is 2. The van der Waals surface area contributed by atoms with Crippen LogP contribution >= 0.6 is 0 Å². The van der Waals surface area contributed by atoms with E-state index in [0.717, 1.165) is 12.0 Å². The molecule has 0 aromatic heterocycles. The van der Waals surface area contributed by atoms with Crippen LogP contribution in [0.2, 0.25) is 0 Å². The third-order valence-corrected chi connectivity index (χ3v) is 2.94.